The van der Waals surface area contributed by atoms with Crippen LogP contribution in [-0.4, -0.2) is 25.0 Å². The van der Waals surface area contributed by atoms with Gasteiger partial charge in [0.15, 0.2) is 5.03 Å². The van der Waals surface area contributed by atoms with Gasteiger partial charge in [-0.15, -0.1) is 0 Å². The van der Waals surface area contributed by atoms with E-state index in [1.54, 1.807) is 0 Å². The standard InChI is InChI=1S/C13H23N3O2S/c1-4-7-12-15-13(19(17,18)14-3)11-9-6-8-10(5-2)16(11)12/h10,14H,4-9H2,1-3H3. The van der Waals surface area contributed by atoms with Crippen molar-refractivity contribution in [2.75, 3.05) is 7.05 Å². The molecule has 2 heterocycles. The molecule has 0 spiro atoms. The number of aryl methyl sites for hydroxylation is 1. The van der Waals surface area contributed by atoms with Crippen molar-refractivity contribution in [1.82, 2.24) is 14.3 Å². The first-order valence-corrected chi connectivity index (χ1v) is 8.57. The van der Waals surface area contributed by atoms with Gasteiger partial charge >= 0.3 is 0 Å². The number of nitrogens with zero attached hydrogens (tertiary/aromatic N) is 2. The van der Waals surface area contributed by atoms with E-state index in [4.69, 9.17) is 0 Å². The average molecular weight is 285 g/mol. The van der Waals surface area contributed by atoms with Crippen LogP contribution in [0.4, 0.5) is 0 Å². The Bertz CT molecular complexity index is 548. The molecule has 0 bridgehead atoms. The number of rotatable bonds is 5. The number of hydrogen-bond donors (Lipinski definition) is 1. The van der Waals surface area contributed by atoms with Gasteiger partial charge in [0.2, 0.25) is 0 Å². The molecular formula is C13H23N3O2S. The molecule has 1 atom stereocenters. The average Bonchev–Trinajstić information content (AvgIpc) is 2.79. The highest BCUT2D eigenvalue weighted by atomic mass is 32.2. The Morgan fingerprint density at radius 1 is 1.42 bits per heavy atom. The van der Waals surface area contributed by atoms with Gasteiger partial charge in [-0.1, -0.05) is 13.8 Å². The first-order valence-electron chi connectivity index (χ1n) is 7.08. The zero-order valence-corrected chi connectivity index (χ0v) is 12.8. The van der Waals surface area contributed by atoms with Crippen LogP contribution in [0, 0.1) is 0 Å². The van der Waals surface area contributed by atoms with E-state index in [0.717, 1.165) is 50.0 Å². The zero-order chi connectivity index (χ0) is 14.0. The van der Waals surface area contributed by atoms with Crippen LogP contribution in [0.1, 0.15) is 57.1 Å². The number of hydrogen-bond acceptors (Lipinski definition) is 3. The highest BCUT2D eigenvalue weighted by Crippen LogP contribution is 2.33. The second-order valence-corrected chi connectivity index (χ2v) is 6.86. The second-order valence-electron chi connectivity index (χ2n) is 5.06. The van der Waals surface area contributed by atoms with Crippen LogP contribution in [0.3, 0.4) is 0 Å². The van der Waals surface area contributed by atoms with Crippen LogP contribution in [0.5, 0.6) is 0 Å². The Labute approximate surface area is 115 Å². The number of sulfonamides is 1. The maximum Gasteiger partial charge on any atom is 0.259 e. The summed E-state index contributed by atoms with van der Waals surface area (Å²) in [5, 5.41) is 0.247. The van der Waals surface area contributed by atoms with Gasteiger partial charge in [-0.25, -0.2) is 18.1 Å². The van der Waals surface area contributed by atoms with Crippen LogP contribution in [0.15, 0.2) is 5.03 Å². The maximum absolute atomic E-state index is 12.1. The van der Waals surface area contributed by atoms with Crippen molar-refractivity contribution in [1.29, 1.82) is 0 Å². The number of imidazole rings is 1. The fourth-order valence-electron chi connectivity index (χ4n) is 2.89. The van der Waals surface area contributed by atoms with Gasteiger partial charge in [-0.3, -0.25) is 0 Å². The van der Waals surface area contributed by atoms with Gasteiger partial charge in [0.1, 0.15) is 5.82 Å². The van der Waals surface area contributed by atoms with Gasteiger partial charge in [-0.2, -0.15) is 0 Å². The summed E-state index contributed by atoms with van der Waals surface area (Å²) in [6, 6.07) is 0.401. The van der Waals surface area contributed by atoms with E-state index in [2.05, 4.69) is 28.1 Å². The summed E-state index contributed by atoms with van der Waals surface area (Å²) in [4.78, 5) is 4.43. The molecule has 0 saturated carbocycles. The van der Waals surface area contributed by atoms with Crippen molar-refractivity contribution in [2.45, 2.75) is 63.4 Å². The minimum atomic E-state index is -3.45. The fourth-order valence-corrected chi connectivity index (χ4v) is 3.82. The summed E-state index contributed by atoms with van der Waals surface area (Å²) in [6.07, 6.45) is 5.81. The quantitative estimate of drug-likeness (QED) is 0.900. The minimum Gasteiger partial charge on any atom is -0.328 e. The van der Waals surface area contributed by atoms with Gasteiger partial charge in [0.25, 0.3) is 10.0 Å². The van der Waals surface area contributed by atoms with Crippen LogP contribution < -0.4 is 4.72 Å². The van der Waals surface area contributed by atoms with Gasteiger partial charge in [-0.05, 0) is 39.2 Å². The van der Waals surface area contributed by atoms with Crippen LogP contribution >= 0.6 is 0 Å². The van der Waals surface area contributed by atoms with E-state index in [9.17, 15) is 8.42 Å². The molecule has 108 valence electrons. The highest BCUT2D eigenvalue weighted by Gasteiger charge is 2.30. The van der Waals surface area contributed by atoms with Crippen molar-refractivity contribution in [2.24, 2.45) is 0 Å². The summed E-state index contributed by atoms with van der Waals surface area (Å²) in [7, 11) is -2.01. The molecule has 0 fully saturated rings. The Balaban J connectivity index is 2.59. The molecule has 1 N–H and O–H groups in total. The SMILES string of the molecule is CCCc1nc(S(=O)(=O)NC)c2n1C(CC)CCC2. The van der Waals surface area contributed by atoms with E-state index in [-0.39, 0.29) is 5.03 Å². The molecule has 5 nitrogen and oxygen atoms in total. The summed E-state index contributed by atoms with van der Waals surface area (Å²) < 4.78 is 28.8. The predicted molar refractivity (Wildman–Crippen MR) is 74.7 cm³/mol. The number of fused-ring (bicyclic) bond motifs is 1. The smallest absolute Gasteiger partial charge is 0.259 e. The Hall–Kier alpha value is -0.880. The minimum absolute atomic E-state index is 0.247. The summed E-state index contributed by atoms with van der Waals surface area (Å²) >= 11 is 0. The van der Waals surface area contributed by atoms with Gasteiger partial charge in [0.05, 0.1) is 5.69 Å². The topological polar surface area (TPSA) is 64.0 Å². The number of aromatic nitrogens is 2. The van der Waals surface area contributed by atoms with E-state index >= 15 is 0 Å². The molecule has 0 saturated heterocycles. The molecule has 2 rings (SSSR count). The molecule has 1 aromatic rings. The Kier molecular flexibility index (Phi) is 4.30. The fraction of sp³-hybridized carbons (Fsp3) is 0.769. The molecule has 1 unspecified atom stereocenters. The first-order chi connectivity index (χ1) is 9.05. The third kappa shape index (κ3) is 2.56. The monoisotopic (exact) mass is 285 g/mol. The van der Waals surface area contributed by atoms with Crippen LogP contribution in [0.25, 0.3) is 0 Å². The van der Waals surface area contributed by atoms with Crippen molar-refractivity contribution in [3.05, 3.63) is 11.5 Å². The lowest BCUT2D eigenvalue weighted by Crippen LogP contribution is -2.23. The molecule has 0 amide bonds. The van der Waals surface area contributed by atoms with Crippen molar-refractivity contribution in [3.8, 4) is 0 Å². The molecule has 6 heteroatoms. The summed E-state index contributed by atoms with van der Waals surface area (Å²) in [5.41, 5.74) is 0.899. The third-order valence-corrected chi connectivity index (χ3v) is 5.20. The third-order valence-electron chi connectivity index (χ3n) is 3.83. The largest absolute Gasteiger partial charge is 0.328 e. The van der Waals surface area contributed by atoms with E-state index < -0.39 is 10.0 Å². The molecule has 0 radical (unpaired) electrons. The molecule has 0 aromatic carbocycles. The predicted octanol–water partition coefficient (Wildman–Crippen LogP) is 2.03. The Morgan fingerprint density at radius 3 is 2.74 bits per heavy atom. The molecule has 1 aromatic heterocycles. The lowest BCUT2D eigenvalue weighted by atomic mass is 10.0. The maximum atomic E-state index is 12.1. The first kappa shape index (κ1) is 14.5. The van der Waals surface area contributed by atoms with Gasteiger partial charge in [0, 0.05) is 12.5 Å². The van der Waals surface area contributed by atoms with Crippen LogP contribution in [-0.2, 0) is 22.9 Å². The summed E-state index contributed by atoms with van der Waals surface area (Å²) in [5.74, 6) is 0.929. The second kappa shape index (κ2) is 5.63. The molecule has 1 aliphatic rings. The molecular weight excluding hydrogens is 262 g/mol. The zero-order valence-electron chi connectivity index (χ0n) is 11.9. The lowest BCUT2D eigenvalue weighted by Gasteiger charge is -2.26. The highest BCUT2D eigenvalue weighted by molar-refractivity contribution is 7.89. The van der Waals surface area contributed by atoms with Crippen molar-refractivity contribution in [3.63, 3.8) is 0 Å². The van der Waals surface area contributed by atoms with Gasteiger partial charge < -0.3 is 4.57 Å². The lowest BCUT2D eigenvalue weighted by molar-refractivity contribution is 0.377. The number of nitrogens with one attached hydrogen (secondary N) is 1. The van der Waals surface area contributed by atoms with Crippen LogP contribution in [0.2, 0.25) is 0 Å². The van der Waals surface area contributed by atoms with Crippen molar-refractivity contribution >= 4 is 10.0 Å². The van der Waals surface area contributed by atoms with E-state index in [1.165, 1.54) is 7.05 Å². The Morgan fingerprint density at radius 2 is 2.16 bits per heavy atom. The normalized spacial score (nSPS) is 19.4. The van der Waals surface area contributed by atoms with E-state index in [0.29, 0.717) is 6.04 Å². The molecule has 0 aliphatic carbocycles. The molecule has 1 aliphatic heterocycles. The van der Waals surface area contributed by atoms with Crippen molar-refractivity contribution < 1.29 is 8.42 Å². The molecule has 19 heavy (non-hydrogen) atoms. The summed E-state index contributed by atoms with van der Waals surface area (Å²) in [6.45, 7) is 4.25. The van der Waals surface area contributed by atoms with E-state index in [1.807, 2.05) is 0 Å².